The first-order valence-corrected chi connectivity index (χ1v) is 7.38. The van der Waals surface area contributed by atoms with E-state index >= 15 is 0 Å². The van der Waals surface area contributed by atoms with Gasteiger partial charge in [0.25, 0.3) is 0 Å². The molecule has 0 N–H and O–H groups in total. The lowest BCUT2D eigenvalue weighted by Gasteiger charge is -2.31. The molecule has 2 fully saturated rings. The molecule has 1 saturated carbocycles. The smallest absolute Gasteiger partial charge is 0.123 e. The Morgan fingerprint density at radius 1 is 1.15 bits per heavy atom. The number of nitrogens with zero attached hydrogens (tertiary/aromatic N) is 1. The Bertz CT molecular complexity index is 150. The monoisotopic (exact) mass is 200 g/mol. The molecular weight excluding hydrogens is 178 g/mol. The molecule has 0 spiro atoms. The maximum absolute atomic E-state index is 2.86. The zero-order valence-corrected chi connectivity index (χ0v) is 9.61. The van der Waals surface area contributed by atoms with Crippen LogP contribution in [0.1, 0.15) is 45.4 Å². The lowest BCUT2D eigenvalue weighted by Crippen LogP contribution is -2.47. The molecule has 1 aliphatic carbocycles. The third kappa shape index (κ3) is 2.21. The van der Waals surface area contributed by atoms with Gasteiger partial charge in [0.15, 0.2) is 0 Å². The van der Waals surface area contributed by atoms with Crippen LogP contribution in [0.3, 0.4) is 0 Å². The van der Waals surface area contributed by atoms with E-state index in [0.29, 0.717) is 11.1 Å². The Hall–Kier alpha value is 0.310. The number of hydrogen-bond donors (Lipinski definition) is 0. The predicted molar refractivity (Wildman–Crippen MR) is 61.0 cm³/mol. The average Bonchev–Trinajstić information content (AvgIpc) is 2.51. The summed E-state index contributed by atoms with van der Waals surface area (Å²) in [5, 5.41) is 0. The van der Waals surface area contributed by atoms with Gasteiger partial charge in [-0.05, 0) is 19.3 Å². The lowest BCUT2D eigenvalue weighted by atomic mass is 10.2. The zero-order chi connectivity index (χ0) is 9.10. The molecule has 0 amide bonds. The molecule has 0 aromatic rings. The minimum Gasteiger partial charge on any atom is -0.123 e. The highest BCUT2D eigenvalue weighted by atomic mass is 32.2. The molecule has 76 valence electrons. The zero-order valence-electron chi connectivity index (χ0n) is 8.80. The van der Waals surface area contributed by atoms with Crippen molar-refractivity contribution in [2.75, 3.05) is 18.1 Å². The van der Waals surface area contributed by atoms with Crippen molar-refractivity contribution in [2.45, 2.75) is 51.5 Å². The van der Waals surface area contributed by atoms with Crippen LogP contribution in [0.4, 0.5) is 0 Å². The normalized spacial score (nSPS) is 25.4. The highest BCUT2D eigenvalue weighted by Gasteiger charge is 2.40. The summed E-state index contributed by atoms with van der Waals surface area (Å²) >= 11 is 0.709. The highest BCUT2D eigenvalue weighted by molar-refractivity contribution is 7.95. The third-order valence-corrected chi connectivity index (χ3v) is 5.93. The molecule has 2 rings (SSSR count). The Morgan fingerprint density at radius 2 is 1.85 bits per heavy atom. The van der Waals surface area contributed by atoms with Gasteiger partial charge in [0, 0.05) is 13.0 Å². The van der Waals surface area contributed by atoms with E-state index in [1.807, 2.05) is 0 Å². The number of rotatable bonds is 4. The SMILES string of the molecule is CCCN(C1CCCC1)[S+]1CCC1. The van der Waals surface area contributed by atoms with Gasteiger partial charge in [0.2, 0.25) is 0 Å². The topological polar surface area (TPSA) is 3.24 Å². The second-order valence-corrected chi connectivity index (χ2v) is 6.51. The summed E-state index contributed by atoms with van der Waals surface area (Å²) in [4.78, 5) is 0. The first-order chi connectivity index (χ1) is 6.42. The summed E-state index contributed by atoms with van der Waals surface area (Å²) in [6, 6.07) is 0.976. The van der Waals surface area contributed by atoms with Gasteiger partial charge in [-0.2, -0.15) is 0 Å². The van der Waals surface area contributed by atoms with Gasteiger partial charge in [-0.3, -0.25) is 0 Å². The molecule has 1 aliphatic heterocycles. The minimum atomic E-state index is 0.709. The third-order valence-electron chi connectivity index (χ3n) is 3.27. The summed E-state index contributed by atoms with van der Waals surface area (Å²) in [5.74, 6) is 3.02. The van der Waals surface area contributed by atoms with Gasteiger partial charge in [-0.25, -0.2) is 0 Å². The molecule has 0 unspecified atom stereocenters. The molecule has 0 radical (unpaired) electrons. The van der Waals surface area contributed by atoms with Crippen molar-refractivity contribution in [1.29, 1.82) is 0 Å². The van der Waals surface area contributed by atoms with Crippen LogP contribution >= 0.6 is 0 Å². The van der Waals surface area contributed by atoms with Crippen LogP contribution in [0.25, 0.3) is 0 Å². The van der Waals surface area contributed by atoms with E-state index < -0.39 is 0 Å². The molecule has 2 heteroatoms. The van der Waals surface area contributed by atoms with Crippen LogP contribution in [-0.2, 0) is 11.1 Å². The molecule has 1 nitrogen and oxygen atoms in total. The Morgan fingerprint density at radius 3 is 2.31 bits per heavy atom. The van der Waals surface area contributed by atoms with Gasteiger partial charge in [-0.1, -0.05) is 19.8 Å². The maximum Gasteiger partial charge on any atom is 0.132 e. The second kappa shape index (κ2) is 4.70. The fourth-order valence-electron chi connectivity index (χ4n) is 2.44. The molecule has 1 saturated heterocycles. The molecule has 1 heterocycles. The first-order valence-electron chi connectivity index (χ1n) is 5.86. The average molecular weight is 200 g/mol. The van der Waals surface area contributed by atoms with Crippen LogP contribution in [0, 0.1) is 0 Å². The molecule has 2 aliphatic rings. The van der Waals surface area contributed by atoms with Crippen LogP contribution in [0.15, 0.2) is 0 Å². The van der Waals surface area contributed by atoms with Crippen molar-refractivity contribution in [2.24, 2.45) is 0 Å². The predicted octanol–water partition coefficient (Wildman–Crippen LogP) is 2.58. The van der Waals surface area contributed by atoms with Gasteiger partial charge < -0.3 is 0 Å². The summed E-state index contributed by atoms with van der Waals surface area (Å²) in [6.45, 7) is 3.69. The molecule has 0 aromatic carbocycles. The number of hydrogen-bond acceptors (Lipinski definition) is 1. The van der Waals surface area contributed by atoms with Crippen molar-refractivity contribution >= 4 is 11.1 Å². The largest absolute Gasteiger partial charge is 0.132 e. The van der Waals surface area contributed by atoms with E-state index in [0.717, 1.165) is 6.04 Å². The Kier molecular flexibility index (Phi) is 3.56. The van der Waals surface area contributed by atoms with Crippen LogP contribution in [0.2, 0.25) is 0 Å². The fraction of sp³-hybridized carbons (Fsp3) is 1.00. The molecule has 0 aromatic heterocycles. The molecule has 13 heavy (non-hydrogen) atoms. The Balaban J connectivity index is 1.86. The van der Waals surface area contributed by atoms with Crippen LogP contribution in [-0.4, -0.2) is 28.4 Å². The van der Waals surface area contributed by atoms with Crippen molar-refractivity contribution in [1.82, 2.24) is 4.31 Å². The van der Waals surface area contributed by atoms with E-state index in [1.54, 1.807) is 0 Å². The summed E-state index contributed by atoms with van der Waals surface area (Å²) in [6.07, 6.45) is 8.80. The van der Waals surface area contributed by atoms with Crippen molar-refractivity contribution in [3.8, 4) is 0 Å². The standard InChI is InChI=1S/C11H22NS/c1-2-8-12(13-9-5-10-13)11-6-3-4-7-11/h11H,2-10H2,1H3/q+1. The lowest BCUT2D eigenvalue weighted by molar-refractivity contribution is 0.345. The molecule has 0 atom stereocenters. The first kappa shape index (κ1) is 9.85. The fourth-order valence-corrected chi connectivity index (χ4v) is 4.53. The van der Waals surface area contributed by atoms with Crippen molar-refractivity contribution < 1.29 is 0 Å². The van der Waals surface area contributed by atoms with Gasteiger partial charge in [0.1, 0.15) is 11.5 Å². The quantitative estimate of drug-likeness (QED) is 0.631. The summed E-state index contributed by atoms with van der Waals surface area (Å²) < 4.78 is 2.86. The second-order valence-electron chi connectivity index (χ2n) is 4.30. The maximum atomic E-state index is 2.86. The molecular formula is C11H22NS+. The van der Waals surface area contributed by atoms with Crippen molar-refractivity contribution in [3.05, 3.63) is 0 Å². The summed E-state index contributed by atoms with van der Waals surface area (Å²) in [7, 11) is 0. The van der Waals surface area contributed by atoms with E-state index in [1.165, 1.54) is 56.6 Å². The van der Waals surface area contributed by atoms with Gasteiger partial charge >= 0.3 is 0 Å². The van der Waals surface area contributed by atoms with Crippen LogP contribution in [0.5, 0.6) is 0 Å². The van der Waals surface area contributed by atoms with E-state index in [-0.39, 0.29) is 0 Å². The van der Waals surface area contributed by atoms with E-state index in [9.17, 15) is 0 Å². The van der Waals surface area contributed by atoms with E-state index in [2.05, 4.69) is 11.2 Å². The van der Waals surface area contributed by atoms with Crippen molar-refractivity contribution in [3.63, 3.8) is 0 Å². The minimum absolute atomic E-state index is 0.709. The molecule has 0 bridgehead atoms. The Labute approximate surface area is 85.4 Å². The van der Waals surface area contributed by atoms with Gasteiger partial charge in [0.05, 0.1) is 17.1 Å². The summed E-state index contributed by atoms with van der Waals surface area (Å²) in [5.41, 5.74) is 0. The van der Waals surface area contributed by atoms with Crippen LogP contribution < -0.4 is 0 Å². The highest BCUT2D eigenvalue weighted by Crippen LogP contribution is 2.30. The van der Waals surface area contributed by atoms with Gasteiger partial charge in [-0.15, -0.1) is 4.31 Å². The van der Waals surface area contributed by atoms with E-state index in [4.69, 9.17) is 0 Å².